The number of ether oxygens (including phenoxy) is 3. The molecule has 0 amide bonds. The molecule has 0 heterocycles. The summed E-state index contributed by atoms with van der Waals surface area (Å²) in [6, 6.07) is 29.7. The molecule has 4 rings (SSSR count). The van der Waals surface area contributed by atoms with E-state index in [0.29, 0.717) is 17.2 Å². The van der Waals surface area contributed by atoms with Crippen LogP contribution in [0.5, 0.6) is 23.0 Å². The van der Waals surface area contributed by atoms with Crippen LogP contribution in [0.3, 0.4) is 0 Å². The summed E-state index contributed by atoms with van der Waals surface area (Å²) >= 11 is 0. The molecule has 0 atom stereocenters. The predicted molar refractivity (Wildman–Crippen MR) is 186 cm³/mol. The average Bonchev–Trinajstić information content (AvgIpc) is 3.03. The van der Waals surface area contributed by atoms with Crippen molar-refractivity contribution in [3.05, 3.63) is 119 Å². The molecule has 0 aliphatic heterocycles. The van der Waals surface area contributed by atoms with Crippen LogP contribution in [0.15, 0.2) is 97.1 Å². The standard InChI is InChI=1S/C36H38O6.2C2H6/c1-24(37)40-30-18-10-26(11-19-30)35(4,5)28-14-22-32(23-15-28)42-36(6,7)33(39)41-31-20-12-27(13-21-31)34(2,3)25-8-16-29(38)17-9-25;2*1-2/h8-23,38H,1-7H3;2*1-2H3. The lowest BCUT2D eigenvalue weighted by molar-refractivity contribution is -0.149. The number of hydrogen-bond acceptors (Lipinski definition) is 6. The Labute approximate surface area is 275 Å². The van der Waals surface area contributed by atoms with Crippen LogP contribution in [0.25, 0.3) is 0 Å². The maximum absolute atomic E-state index is 13.1. The van der Waals surface area contributed by atoms with Crippen molar-refractivity contribution in [1.29, 1.82) is 0 Å². The Kier molecular flexibility index (Phi) is 13.2. The number of carbonyl (C=O) groups excluding carboxylic acids is 2. The Morgan fingerprint density at radius 3 is 1.15 bits per heavy atom. The van der Waals surface area contributed by atoms with Gasteiger partial charge in [-0.05, 0) is 84.6 Å². The topological polar surface area (TPSA) is 82.1 Å². The first-order valence-electron chi connectivity index (χ1n) is 15.9. The van der Waals surface area contributed by atoms with E-state index in [0.717, 1.165) is 22.3 Å². The third-order valence-corrected chi connectivity index (χ3v) is 7.65. The molecular formula is C40H50O6. The molecule has 1 N–H and O–H groups in total. The van der Waals surface area contributed by atoms with E-state index in [1.165, 1.54) is 6.92 Å². The summed E-state index contributed by atoms with van der Waals surface area (Å²) in [5.74, 6) is 0.852. The number of hydrogen-bond donors (Lipinski definition) is 1. The van der Waals surface area contributed by atoms with Crippen molar-refractivity contribution < 1.29 is 28.9 Å². The van der Waals surface area contributed by atoms with Crippen molar-refractivity contribution in [1.82, 2.24) is 0 Å². The van der Waals surface area contributed by atoms with Crippen molar-refractivity contribution in [3.8, 4) is 23.0 Å². The Hall–Kier alpha value is -4.58. The van der Waals surface area contributed by atoms with Crippen LogP contribution in [0.4, 0.5) is 0 Å². The molecule has 0 spiro atoms. The van der Waals surface area contributed by atoms with Crippen LogP contribution in [0.2, 0.25) is 0 Å². The lowest BCUT2D eigenvalue weighted by atomic mass is 9.78. The van der Waals surface area contributed by atoms with Crippen LogP contribution in [-0.2, 0) is 20.4 Å². The summed E-state index contributed by atoms with van der Waals surface area (Å²) in [5.41, 5.74) is 2.39. The third-order valence-electron chi connectivity index (χ3n) is 7.65. The van der Waals surface area contributed by atoms with Gasteiger partial charge in [0, 0.05) is 17.8 Å². The lowest BCUT2D eigenvalue weighted by Gasteiger charge is -2.28. The Balaban J connectivity index is 0.00000177. The second-order valence-electron chi connectivity index (χ2n) is 12.0. The minimum Gasteiger partial charge on any atom is -0.508 e. The second-order valence-corrected chi connectivity index (χ2v) is 12.0. The molecular weight excluding hydrogens is 576 g/mol. The molecule has 0 saturated carbocycles. The molecule has 0 radical (unpaired) electrons. The maximum Gasteiger partial charge on any atom is 0.355 e. The molecule has 6 heteroatoms. The minimum absolute atomic E-state index is 0.228. The normalized spacial score (nSPS) is 11.2. The van der Waals surface area contributed by atoms with Gasteiger partial charge >= 0.3 is 11.9 Å². The highest BCUT2D eigenvalue weighted by atomic mass is 16.6. The third kappa shape index (κ3) is 9.46. The summed E-state index contributed by atoms with van der Waals surface area (Å²) in [7, 11) is 0. The van der Waals surface area contributed by atoms with E-state index in [9.17, 15) is 14.7 Å². The summed E-state index contributed by atoms with van der Waals surface area (Å²) in [5, 5.41) is 9.62. The van der Waals surface area contributed by atoms with Crippen LogP contribution >= 0.6 is 0 Å². The zero-order valence-electron chi connectivity index (χ0n) is 29.2. The molecule has 246 valence electrons. The van der Waals surface area contributed by atoms with Crippen molar-refractivity contribution in [2.45, 2.75) is 92.6 Å². The van der Waals surface area contributed by atoms with Gasteiger partial charge in [-0.3, -0.25) is 4.79 Å². The smallest absolute Gasteiger partial charge is 0.355 e. The summed E-state index contributed by atoms with van der Waals surface area (Å²) < 4.78 is 16.9. The fourth-order valence-electron chi connectivity index (χ4n) is 4.76. The van der Waals surface area contributed by atoms with Gasteiger partial charge in [-0.15, -0.1) is 0 Å². The highest BCUT2D eigenvalue weighted by Gasteiger charge is 2.33. The molecule has 0 saturated heterocycles. The van der Waals surface area contributed by atoms with Crippen LogP contribution in [0.1, 0.15) is 98.4 Å². The Morgan fingerprint density at radius 1 is 0.500 bits per heavy atom. The Morgan fingerprint density at radius 2 is 0.804 bits per heavy atom. The molecule has 6 nitrogen and oxygen atoms in total. The quantitative estimate of drug-likeness (QED) is 0.147. The van der Waals surface area contributed by atoms with Crippen LogP contribution in [-0.4, -0.2) is 22.6 Å². The predicted octanol–water partition coefficient (Wildman–Crippen LogP) is 9.78. The molecule has 0 aliphatic carbocycles. The number of benzene rings is 4. The average molecular weight is 627 g/mol. The van der Waals surface area contributed by atoms with Gasteiger partial charge in [0.1, 0.15) is 23.0 Å². The fourth-order valence-corrected chi connectivity index (χ4v) is 4.76. The summed E-state index contributed by atoms with van der Waals surface area (Å²) in [6.07, 6.45) is 0. The molecule has 46 heavy (non-hydrogen) atoms. The van der Waals surface area contributed by atoms with Crippen molar-refractivity contribution in [3.63, 3.8) is 0 Å². The number of phenols is 1. The van der Waals surface area contributed by atoms with E-state index < -0.39 is 11.6 Å². The van der Waals surface area contributed by atoms with E-state index in [1.807, 2.05) is 88.4 Å². The largest absolute Gasteiger partial charge is 0.508 e. The highest BCUT2D eigenvalue weighted by molar-refractivity contribution is 5.81. The summed E-state index contributed by atoms with van der Waals surface area (Å²) in [6.45, 7) is 21.2. The lowest BCUT2D eigenvalue weighted by Crippen LogP contribution is -2.41. The number of aromatic hydroxyl groups is 1. The zero-order chi connectivity index (χ0) is 34.7. The number of esters is 2. The van der Waals surface area contributed by atoms with Gasteiger partial charge in [0.15, 0.2) is 0 Å². The molecule has 0 fully saturated rings. The highest BCUT2D eigenvalue weighted by Crippen LogP contribution is 2.35. The van der Waals surface area contributed by atoms with E-state index in [-0.39, 0.29) is 22.5 Å². The first kappa shape index (κ1) is 37.6. The van der Waals surface area contributed by atoms with E-state index in [1.54, 1.807) is 50.2 Å². The first-order valence-corrected chi connectivity index (χ1v) is 15.9. The molecule has 0 aliphatic rings. The molecule has 0 unspecified atom stereocenters. The monoisotopic (exact) mass is 626 g/mol. The second kappa shape index (κ2) is 16.1. The molecule has 0 bridgehead atoms. The number of carbonyl (C=O) groups is 2. The SMILES string of the molecule is CC.CC.CC(=O)Oc1ccc(C(C)(C)c2ccc(OC(C)(C)C(=O)Oc3ccc(C(C)(C)c4ccc(O)cc4)cc3)cc2)cc1. The number of phenolic OH excluding ortho intramolecular Hbond substituents is 1. The van der Waals surface area contributed by atoms with Crippen molar-refractivity contribution in [2.24, 2.45) is 0 Å². The maximum atomic E-state index is 13.1. The van der Waals surface area contributed by atoms with Gasteiger partial charge in [-0.1, -0.05) is 104 Å². The van der Waals surface area contributed by atoms with Crippen LogP contribution in [0, 0.1) is 0 Å². The van der Waals surface area contributed by atoms with Crippen LogP contribution < -0.4 is 14.2 Å². The number of rotatable bonds is 9. The van der Waals surface area contributed by atoms with Gasteiger partial charge in [0.05, 0.1) is 0 Å². The van der Waals surface area contributed by atoms with E-state index in [4.69, 9.17) is 14.2 Å². The minimum atomic E-state index is -1.23. The summed E-state index contributed by atoms with van der Waals surface area (Å²) in [4.78, 5) is 24.3. The van der Waals surface area contributed by atoms with E-state index >= 15 is 0 Å². The van der Waals surface area contributed by atoms with E-state index in [2.05, 4.69) is 27.7 Å². The zero-order valence-corrected chi connectivity index (χ0v) is 29.2. The molecule has 4 aromatic rings. The van der Waals surface area contributed by atoms with Gasteiger partial charge < -0.3 is 19.3 Å². The van der Waals surface area contributed by atoms with Gasteiger partial charge in [0.2, 0.25) is 5.60 Å². The fraction of sp³-hybridized carbons (Fsp3) is 0.350. The van der Waals surface area contributed by atoms with Crippen molar-refractivity contribution in [2.75, 3.05) is 0 Å². The molecule has 4 aromatic carbocycles. The van der Waals surface area contributed by atoms with Gasteiger partial charge in [-0.25, -0.2) is 4.79 Å². The van der Waals surface area contributed by atoms with Crippen molar-refractivity contribution >= 4 is 11.9 Å². The van der Waals surface area contributed by atoms with Gasteiger partial charge in [0.25, 0.3) is 0 Å². The first-order chi connectivity index (χ1) is 21.7. The van der Waals surface area contributed by atoms with Gasteiger partial charge in [-0.2, -0.15) is 0 Å². The molecule has 0 aromatic heterocycles. The Bertz CT molecular complexity index is 1530.